The Morgan fingerprint density at radius 3 is 2.27 bits per heavy atom. The van der Waals surface area contributed by atoms with Crippen LogP contribution in [0, 0.1) is 0 Å². The average molecular weight is 279 g/mol. The standard InChI is InChI=1S/C6H9Cl2O6P/c1-5(2)6(9)11-3-4-12-15(10,13-7)14-8/h1,3-4H2,2H3. The summed E-state index contributed by atoms with van der Waals surface area (Å²) in [5.74, 6) is -0.591. The SMILES string of the molecule is C=C(C)C(=O)OCCOP(=O)(OCl)OCl. The second-order valence-corrected chi connectivity index (χ2v) is 4.59. The fourth-order valence-corrected chi connectivity index (χ4v) is 1.35. The maximum Gasteiger partial charge on any atom is 0.507 e. The van der Waals surface area contributed by atoms with Gasteiger partial charge in [-0.2, -0.15) is 8.15 Å². The Kier molecular flexibility index (Phi) is 7.17. The second-order valence-electron chi connectivity index (χ2n) is 2.33. The minimum Gasteiger partial charge on any atom is -0.460 e. The van der Waals surface area contributed by atoms with Crippen molar-refractivity contribution in [2.24, 2.45) is 0 Å². The van der Waals surface area contributed by atoms with Gasteiger partial charge in [0.05, 0.1) is 30.3 Å². The summed E-state index contributed by atoms with van der Waals surface area (Å²) in [4.78, 5) is 10.8. The Balaban J connectivity index is 3.76. The first-order valence-corrected chi connectivity index (χ1v) is 5.71. The number of hydrogen-bond donors (Lipinski definition) is 0. The molecule has 0 rings (SSSR count). The lowest BCUT2D eigenvalue weighted by atomic mass is 10.4. The van der Waals surface area contributed by atoms with Gasteiger partial charge in [0.1, 0.15) is 6.61 Å². The van der Waals surface area contributed by atoms with Gasteiger partial charge in [0, 0.05) is 5.57 Å². The van der Waals surface area contributed by atoms with Crippen molar-refractivity contribution in [3.05, 3.63) is 12.2 Å². The molecule has 0 unspecified atom stereocenters. The maximum atomic E-state index is 11.0. The van der Waals surface area contributed by atoms with Gasteiger partial charge in [-0.05, 0) is 6.92 Å². The third kappa shape index (κ3) is 6.14. The van der Waals surface area contributed by atoms with Crippen LogP contribution in [0.25, 0.3) is 0 Å². The van der Waals surface area contributed by atoms with E-state index in [2.05, 4.69) is 24.0 Å². The van der Waals surface area contributed by atoms with Crippen molar-refractivity contribution in [3.8, 4) is 0 Å². The van der Waals surface area contributed by atoms with E-state index in [0.29, 0.717) is 0 Å². The van der Waals surface area contributed by atoms with Gasteiger partial charge in [-0.1, -0.05) is 6.58 Å². The van der Waals surface area contributed by atoms with Crippen LogP contribution in [0.5, 0.6) is 0 Å². The number of phosphoric acid groups is 1. The summed E-state index contributed by atoms with van der Waals surface area (Å²) < 4.78 is 27.8. The van der Waals surface area contributed by atoms with Gasteiger partial charge in [0.25, 0.3) is 0 Å². The highest BCUT2D eigenvalue weighted by atomic mass is 35.5. The highest BCUT2D eigenvalue weighted by Gasteiger charge is 2.26. The van der Waals surface area contributed by atoms with Crippen LogP contribution < -0.4 is 0 Å². The van der Waals surface area contributed by atoms with E-state index < -0.39 is 13.8 Å². The monoisotopic (exact) mass is 278 g/mol. The van der Waals surface area contributed by atoms with E-state index in [1.807, 2.05) is 0 Å². The molecular formula is C6H9Cl2O6P. The van der Waals surface area contributed by atoms with Crippen LogP contribution in [0.15, 0.2) is 12.2 Å². The highest BCUT2D eigenvalue weighted by Crippen LogP contribution is 2.51. The Morgan fingerprint density at radius 1 is 1.33 bits per heavy atom. The molecule has 0 aliphatic heterocycles. The number of carbonyl (C=O) groups excluding carboxylic acids is 1. The molecule has 0 saturated heterocycles. The molecule has 0 atom stereocenters. The van der Waals surface area contributed by atoms with Gasteiger partial charge in [-0.3, -0.25) is 4.52 Å². The Labute approximate surface area is 97.0 Å². The number of carbonyl (C=O) groups is 1. The Bertz CT molecular complexity index is 273. The van der Waals surface area contributed by atoms with Gasteiger partial charge < -0.3 is 4.74 Å². The molecule has 0 aromatic rings. The lowest BCUT2D eigenvalue weighted by Gasteiger charge is -2.09. The van der Waals surface area contributed by atoms with Gasteiger partial charge in [0.2, 0.25) is 0 Å². The van der Waals surface area contributed by atoms with Gasteiger partial charge in [-0.15, -0.1) is 0 Å². The van der Waals surface area contributed by atoms with E-state index in [-0.39, 0.29) is 18.8 Å². The van der Waals surface area contributed by atoms with Gasteiger partial charge in [-0.25, -0.2) is 9.36 Å². The predicted molar refractivity (Wildman–Crippen MR) is 53.2 cm³/mol. The molecule has 0 saturated carbocycles. The summed E-state index contributed by atoms with van der Waals surface area (Å²) in [6, 6.07) is 0. The van der Waals surface area contributed by atoms with Crippen molar-refractivity contribution in [3.63, 3.8) is 0 Å². The van der Waals surface area contributed by atoms with Crippen molar-refractivity contribution in [1.82, 2.24) is 0 Å². The molecule has 0 N–H and O–H groups in total. The Morgan fingerprint density at radius 2 is 1.87 bits per heavy atom. The Hall–Kier alpha value is -0.100. The zero-order chi connectivity index (χ0) is 11.9. The third-order valence-electron chi connectivity index (χ3n) is 1.08. The van der Waals surface area contributed by atoms with E-state index >= 15 is 0 Å². The number of halogens is 2. The first-order valence-electron chi connectivity index (χ1n) is 3.63. The molecule has 0 aromatic carbocycles. The van der Waals surface area contributed by atoms with Crippen LogP contribution in [0.3, 0.4) is 0 Å². The highest BCUT2D eigenvalue weighted by molar-refractivity contribution is 7.50. The maximum absolute atomic E-state index is 11.0. The van der Waals surface area contributed by atoms with Crippen LogP contribution in [0.2, 0.25) is 0 Å². The lowest BCUT2D eigenvalue weighted by Crippen LogP contribution is -2.10. The molecule has 0 radical (unpaired) electrons. The molecule has 0 amide bonds. The summed E-state index contributed by atoms with van der Waals surface area (Å²) in [5, 5.41) is 0. The van der Waals surface area contributed by atoms with Crippen LogP contribution in [0.1, 0.15) is 6.92 Å². The van der Waals surface area contributed by atoms with E-state index in [1.165, 1.54) is 6.92 Å². The van der Waals surface area contributed by atoms with Crippen LogP contribution >= 0.6 is 31.6 Å². The van der Waals surface area contributed by atoms with Gasteiger partial charge >= 0.3 is 13.8 Å². The van der Waals surface area contributed by atoms with E-state index in [1.54, 1.807) is 0 Å². The number of rotatable bonds is 7. The number of hydrogen-bond acceptors (Lipinski definition) is 6. The smallest absolute Gasteiger partial charge is 0.460 e. The lowest BCUT2D eigenvalue weighted by molar-refractivity contribution is -0.139. The molecule has 0 aliphatic carbocycles. The molecule has 88 valence electrons. The predicted octanol–water partition coefficient (Wildman–Crippen LogP) is 2.57. The van der Waals surface area contributed by atoms with Crippen LogP contribution in [0.4, 0.5) is 0 Å². The van der Waals surface area contributed by atoms with Crippen molar-refractivity contribution in [2.75, 3.05) is 13.2 Å². The fraction of sp³-hybridized carbons (Fsp3) is 0.500. The molecule has 6 nitrogen and oxygen atoms in total. The third-order valence-corrected chi connectivity index (χ3v) is 2.93. The number of ether oxygens (including phenoxy) is 1. The summed E-state index contributed by atoms with van der Waals surface area (Å²) in [5.41, 5.74) is 0.236. The topological polar surface area (TPSA) is 71.1 Å². The van der Waals surface area contributed by atoms with Crippen LogP contribution in [-0.4, -0.2) is 19.2 Å². The van der Waals surface area contributed by atoms with E-state index in [0.717, 1.165) is 0 Å². The molecule has 0 fully saturated rings. The van der Waals surface area contributed by atoms with Crippen molar-refractivity contribution >= 4 is 37.5 Å². The van der Waals surface area contributed by atoms with Crippen molar-refractivity contribution in [1.29, 1.82) is 0 Å². The molecule has 0 bridgehead atoms. The van der Waals surface area contributed by atoms with E-state index in [4.69, 9.17) is 23.7 Å². The number of esters is 1. The summed E-state index contributed by atoms with van der Waals surface area (Å²) in [6.45, 7) is 4.44. The summed E-state index contributed by atoms with van der Waals surface area (Å²) in [7, 11) is -3.95. The quantitative estimate of drug-likeness (QED) is 0.308. The minimum absolute atomic E-state index is 0.157. The van der Waals surface area contributed by atoms with Gasteiger partial charge in [0.15, 0.2) is 0 Å². The molecule has 15 heavy (non-hydrogen) atoms. The first-order chi connectivity index (χ1) is 6.95. The van der Waals surface area contributed by atoms with E-state index in [9.17, 15) is 9.36 Å². The van der Waals surface area contributed by atoms with Crippen molar-refractivity contribution < 1.29 is 26.8 Å². The fourth-order valence-electron chi connectivity index (χ4n) is 0.457. The zero-order valence-electron chi connectivity index (χ0n) is 7.77. The molecule has 0 aromatic heterocycles. The molecule has 9 heteroatoms. The largest absolute Gasteiger partial charge is 0.507 e. The second kappa shape index (κ2) is 7.22. The average Bonchev–Trinajstić information content (AvgIpc) is 2.23. The van der Waals surface area contributed by atoms with Crippen molar-refractivity contribution in [2.45, 2.75) is 6.92 Å². The minimum atomic E-state index is -3.95. The molecule has 0 spiro atoms. The summed E-state index contributed by atoms with van der Waals surface area (Å²) >= 11 is 9.56. The van der Waals surface area contributed by atoms with Crippen LogP contribution in [-0.2, 0) is 26.8 Å². The molecular weight excluding hydrogens is 270 g/mol. The molecule has 0 heterocycles. The molecule has 0 aliphatic rings. The first kappa shape index (κ1) is 14.9. The normalized spacial score (nSPS) is 11.1. The zero-order valence-corrected chi connectivity index (χ0v) is 10.2. The summed E-state index contributed by atoms with van der Waals surface area (Å²) in [6.07, 6.45) is 0.